The predicted molar refractivity (Wildman–Crippen MR) is 54.8 cm³/mol. The summed E-state index contributed by atoms with van der Waals surface area (Å²) in [4.78, 5) is 0. The van der Waals surface area contributed by atoms with E-state index >= 15 is 0 Å². The second-order valence-corrected chi connectivity index (χ2v) is 3.01. The Hall–Kier alpha value is -0.120. The van der Waals surface area contributed by atoms with Crippen molar-refractivity contribution < 1.29 is 9.47 Å². The summed E-state index contributed by atoms with van der Waals surface area (Å²) in [5, 5.41) is 0. The molecule has 0 fully saturated rings. The number of hydrogen-bond acceptors (Lipinski definition) is 3. The molecule has 0 saturated heterocycles. The molecule has 0 rings (SSSR count). The van der Waals surface area contributed by atoms with Crippen LogP contribution in [0.5, 0.6) is 0 Å². The highest BCUT2D eigenvalue weighted by Gasteiger charge is 1.90. The van der Waals surface area contributed by atoms with E-state index in [0.717, 1.165) is 52.2 Å². The highest BCUT2D eigenvalue weighted by Crippen LogP contribution is 1.94. The average Bonchev–Trinajstić information content (AvgIpc) is 2.16. The number of unbranched alkanes of at least 4 members (excludes halogenated alkanes) is 2. The lowest BCUT2D eigenvalue weighted by Crippen LogP contribution is -2.03. The van der Waals surface area contributed by atoms with Gasteiger partial charge >= 0.3 is 0 Å². The fraction of sp³-hybridized carbons (Fsp3) is 1.00. The first-order valence-corrected chi connectivity index (χ1v) is 5.27. The van der Waals surface area contributed by atoms with Crippen molar-refractivity contribution in [2.24, 2.45) is 5.73 Å². The van der Waals surface area contributed by atoms with E-state index in [0.29, 0.717) is 0 Å². The molecule has 0 unspecified atom stereocenters. The van der Waals surface area contributed by atoms with Crippen LogP contribution in [-0.2, 0) is 9.47 Å². The lowest BCUT2D eigenvalue weighted by Gasteiger charge is -2.03. The molecule has 0 aliphatic heterocycles. The third kappa shape index (κ3) is 11.9. The Morgan fingerprint density at radius 2 is 1.54 bits per heavy atom. The summed E-state index contributed by atoms with van der Waals surface area (Å²) in [6.07, 6.45) is 4.43. The molecular weight excluding hydrogens is 166 g/mol. The van der Waals surface area contributed by atoms with E-state index in [1.165, 1.54) is 6.42 Å². The van der Waals surface area contributed by atoms with E-state index in [4.69, 9.17) is 15.2 Å². The molecule has 2 N–H and O–H groups in total. The van der Waals surface area contributed by atoms with Gasteiger partial charge in [-0.3, -0.25) is 0 Å². The zero-order valence-corrected chi connectivity index (χ0v) is 8.76. The highest BCUT2D eigenvalue weighted by molar-refractivity contribution is 4.42. The third-order valence-electron chi connectivity index (χ3n) is 1.77. The first-order valence-electron chi connectivity index (χ1n) is 5.27. The minimum Gasteiger partial charge on any atom is -0.382 e. The molecule has 0 aliphatic rings. The second kappa shape index (κ2) is 11.9. The van der Waals surface area contributed by atoms with E-state index < -0.39 is 0 Å². The molecule has 0 amide bonds. The summed E-state index contributed by atoms with van der Waals surface area (Å²) in [5.74, 6) is 0. The normalized spacial score (nSPS) is 10.6. The maximum absolute atomic E-state index is 5.41. The average molecular weight is 189 g/mol. The lowest BCUT2D eigenvalue weighted by atomic mass is 10.2. The maximum atomic E-state index is 5.41. The Labute approximate surface area is 81.6 Å². The molecule has 80 valence electrons. The van der Waals surface area contributed by atoms with Gasteiger partial charge in [0.15, 0.2) is 0 Å². The molecule has 0 saturated carbocycles. The van der Waals surface area contributed by atoms with Crippen LogP contribution in [0.1, 0.15) is 32.6 Å². The molecule has 0 atom stereocenters. The van der Waals surface area contributed by atoms with Crippen LogP contribution >= 0.6 is 0 Å². The number of nitrogens with two attached hydrogens (primary N) is 1. The van der Waals surface area contributed by atoms with Gasteiger partial charge in [0.2, 0.25) is 0 Å². The van der Waals surface area contributed by atoms with Crippen molar-refractivity contribution in [3.8, 4) is 0 Å². The van der Waals surface area contributed by atoms with Gasteiger partial charge in [0, 0.05) is 26.4 Å². The van der Waals surface area contributed by atoms with Crippen LogP contribution in [0.3, 0.4) is 0 Å². The predicted octanol–water partition coefficient (Wildman–Crippen LogP) is 1.56. The van der Waals surface area contributed by atoms with Crippen LogP contribution in [0.4, 0.5) is 0 Å². The Morgan fingerprint density at radius 3 is 2.23 bits per heavy atom. The second-order valence-electron chi connectivity index (χ2n) is 3.01. The summed E-state index contributed by atoms with van der Waals surface area (Å²) in [6.45, 7) is 6.11. The standard InChI is InChI=1S/C10H23NO2/c1-2-12-9-6-10-13-8-5-3-4-7-11/h2-11H2,1H3. The van der Waals surface area contributed by atoms with Crippen LogP contribution in [0.25, 0.3) is 0 Å². The molecule has 13 heavy (non-hydrogen) atoms. The van der Waals surface area contributed by atoms with Crippen LogP contribution in [0.15, 0.2) is 0 Å². The minimum absolute atomic E-state index is 0.796. The van der Waals surface area contributed by atoms with Crippen LogP contribution in [0, 0.1) is 0 Å². The summed E-state index contributed by atoms with van der Waals surface area (Å²) in [6, 6.07) is 0. The van der Waals surface area contributed by atoms with E-state index in [2.05, 4.69) is 0 Å². The van der Waals surface area contributed by atoms with Gasteiger partial charge in [0.1, 0.15) is 0 Å². The fourth-order valence-corrected chi connectivity index (χ4v) is 1.03. The van der Waals surface area contributed by atoms with Gasteiger partial charge < -0.3 is 15.2 Å². The van der Waals surface area contributed by atoms with E-state index in [9.17, 15) is 0 Å². The summed E-state index contributed by atoms with van der Waals surface area (Å²) in [5.41, 5.74) is 5.37. The molecule has 3 heteroatoms. The van der Waals surface area contributed by atoms with E-state index in [1.54, 1.807) is 0 Å². The molecular formula is C10H23NO2. The molecule has 0 aromatic rings. The third-order valence-corrected chi connectivity index (χ3v) is 1.77. The van der Waals surface area contributed by atoms with Gasteiger partial charge in [-0.2, -0.15) is 0 Å². The SMILES string of the molecule is CCOCCCOCCCCCN. The molecule has 3 nitrogen and oxygen atoms in total. The van der Waals surface area contributed by atoms with Crippen molar-refractivity contribution in [2.45, 2.75) is 32.6 Å². The summed E-state index contributed by atoms with van der Waals surface area (Å²) < 4.78 is 10.6. The summed E-state index contributed by atoms with van der Waals surface area (Å²) in [7, 11) is 0. The van der Waals surface area contributed by atoms with Crippen molar-refractivity contribution in [3.05, 3.63) is 0 Å². The zero-order chi connectivity index (χ0) is 9.78. The molecule has 0 aliphatic carbocycles. The Bertz CT molecular complexity index is 79.0. The lowest BCUT2D eigenvalue weighted by molar-refractivity contribution is 0.0861. The summed E-state index contributed by atoms with van der Waals surface area (Å²) >= 11 is 0. The van der Waals surface area contributed by atoms with Gasteiger partial charge in [-0.25, -0.2) is 0 Å². The van der Waals surface area contributed by atoms with Crippen molar-refractivity contribution in [1.82, 2.24) is 0 Å². The highest BCUT2D eigenvalue weighted by atomic mass is 16.5. The molecule has 0 bridgehead atoms. The van der Waals surface area contributed by atoms with Gasteiger partial charge in [-0.1, -0.05) is 0 Å². The van der Waals surface area contributed by atoms with Crippen molar-refractivity contribution >= 4 is 0 Å². The largest absolute Gasteiger partial charge is 0.382 e. The van der Waals surface area contributed by atoms with E-state index in [1.807, 2.05) is 6.92 Å². The molecule has 0 spiro atoms. The van der Waals surface area contributed by atoms with E-state index in [-0.39, 0.29) is 0 Å². The molecule has 0 heterocycles. The minimum atomic E-state index is 0.796. The molecule has 0 aromatic carbocycles. The first kappa shape index (κ1) is 12.9. The van der Waals surface area contributed by atoms with Crippen LogP contribution in [-0.4, -0.2) is 33.0 Å². The van der Waals surface area contributed by atoms with Gasteiger partial charge in [-0.15, -0.1) is 0 Å². The van der Waals surface area contributed by atoms with Crippen molar-refractivity contribution in [3.63, 3.8) is 0 Å². The Morgan fingerprint density at radius 1 is 0.846 bits per heavy atom. The fourth-order valence-electron chi connectivity index (χ4n) is 1.03. The Kier molecular flexibility index (Phi) is 11.8. The quantitative estimate of drug-likeness (QED) is 0.530. The van der Waals surface area contributed by atoms with Crippen molar-refractivity contribution in [1.29, 1.82) is 0 Å². The number of rotatable bonds is 10. The van der Waals surface area contributed by atoms with Gasteiger partial charge in [-0.05, 0) is 39.2 Å². The first-order chi connectivity index (χ1) is 6.41. The zero-order valence-electron chi connectivity index (χ0n) is 8.76. The van der Waals surface area contributed by atoms with Crippen LogP contribution < -0.4 is 5.73 Å². The monoisotopic (exact) mass is 189 g/mol. The van der Waals surface area contributed by atoms with Crippen LogP contribution in [0.2, 0.25) is 0 Å². The molecule has 0 aromatic heterocycles. The van der Waals surface area contributed by atoms with Gasteiger partial charge in [0.25, 0.3) is 0 Å². The smallest absolute Gasteiger partial charge is 0.0487 e. The number of ether oxygens (including phenoxy) is 2. The maximum Gasteiger partial charge on any atom is 0.0487 e. The topological polar surface area (TPSA) is 44.5 Å². The number of hydrogen-bond donors (Lipinski definition) is 1. The Balaban J connectivity index is 2.76. The molecule has 0 radical (unpaired) electrons. The van der Waals surface area contributed by atoms with Gasteiger partial charge in [0.05, 0.1) is 0 Å². The van der Waals surface area contributed by atoms with Crippen molar-refractivity contribution in [2.75, 3.05) is 33.0 Å².